The molecule has 1 aromatic carbocycles. The van der Waals surface area contributed by atoms with Crippen molar-refractivity contribution in [2.45, 2.75) is 25.3 Å². The van der Waals surface area contributed by atoms with E-state index >= 15 is 0 Å². The van der Waals surface area contributed by atoms with Gasteiger partial charge < -0.3 is 11.1 Å². The van der Waals surface area contributed by atoms with Crippen molar-refractivity contribution in [1.82, 2.24) is 4.90 Å². The number of anilines is 1. The third-order valence-corrected chi connectivity index (χ3v) is 3.52. The summed E-state index contributed by atoms with van der Waals surface area (Å²) in [6, 6.07) is 6.45. The predicted molar refractivity (Wildman–Crippen MR) is 73.3 cm³/mol. The van der Waals surface area contributed by atoms with Crippen molar-refractivity contribution in [3.8, 4) is 0 Å². The third-order valence-electron chi connectivity index (χ3n) is 3.52. The summed E-state index contributed by atoms with van der Waals surface area (Å²) in [6.45, 7) is 1.72. The van der Waals surface area contributed by atoms with E-state index in [1.807, 2.05) is 0 Å². The lowest BCUT2D eigenvalue weighted by Crippen LogP contribution is -2.47. The Bertz CT molecular complexity index is 438. The van der Waals surface area contributed by atoms with Crippen LogP contribution in [0.1, 0.15) is 19.3 Å². The second kappa shape index (κ2) is 6.63. The minimum atomic E-state index is -0.412. The molecule has 5 heteroatoms. The van der Waals surface area contributed by atoms with Crippen molar-refractivity contribution >= 4 is 11.6 Å². The smallest absolute Gasteiger partial charge is 0.238 e. The van der Waals surface area contributed by atoms with E-state index in [9.17, 15) is 9.18 Å². The van der Waals surface area contributed by atoms with Crippen LogP contribution in [0.4, 0.5) is 10.1 Å². The maximum absolute atomic E-state index is 13.4. The molecule has 0 radical (unpaired) electrons. The lowest BCUT2D eigenvalue weighted by Gasteiger charge is -2.34. The van der Waals surface area contributed by atoms with E-state index in [1.165, 1.54) is 6.07 Å². The second-order valence-electron chi connectivity index (χ2n) is 4.88. The number of carbonyl (C=O) groups excluding carboxylic acids is 1. The molecule has 1 fully saturated rings. The number of nitrogens with one attached hydrogen (secondary N) is 1. The first-order valence-corrected chi connectivity index (χ1v) is 6.69. The molecule has 1 unspecified atom stereocenters. The Morgan fingerprint density at radius 1 is 1.42 bits per heavy atom. The van der Waals surface area contributed by atoms with E-state index in [0.29, 0.717) is 6.54 Å². The summed E-state index contributed by atoms with van der Waals surface area (Å²) in [5.74, 6) is -0.602. The van der Waals surface area contributed by atoms with Gasteiger partial charge in [-0.05, 0) is 31.5 Å². The van der Waals surface area contributed by atoms with E-state index in [-0.39, 0.29) is 24.2 Å². The highest BCUT2D eigenvalue weighted by molar-refractivity contribution is 5.92. The largest absolute Gasteiger partial charge is 0.329 e. The van der Waals surface area contributed by atoms with Crippen LogP contribution in [0.3, 0.4) is 0 Å². The highest BCUT2D eigenvalue weighted by atomic mass is 19.1. The van der Waals surface area contributed by atoms with Gasteiger partial charge in [-0.15, -0.1) is 0 Å². The summed E-state index contributed by atoms with van der Waals surface area (Å²) < 4.78 is 13.4. The first-order valence-electron chi connectivity index (χ1n) is 6.69. The monoisotopic (exact) mass is 265 g/mol. The molecule has 1 amide bonds. The highest BCUT2D eigenvalue weighted by Crippen LogP contribution is 2.17. The molecule has 1 heterocycles. The van der Waals surface area contributed by atoms with E-state index < -0.39 is 5.82 Å². The SMILES string of the molecule is NCC1CCCCN1CC(=O)Nc1ccccc1F. The first-order chi connectivity index (χ1) is 9.20. The zero-order chi connectivity index (χ0) is 13.7. The van der Waals surface area contributed by atoms with Gasteiger partial charge in [0.2, 0.25) is 5.91 Å². The van der Waals surface area contributed by atoms with Gasteiger partial charge in [0.1, 0.15) is 5.82 Å². The number of amides is 1. The van der Waals surface area contributed by atoms with Gasteiger partial charge >= 0.3 is 0 Å². The second-order valence-corrected chi connectivity index (χ2v) is 4.88. The van der Waals surface area contributed by atoms with Crippen LogP contribution in [0.15, 0.2) is 24.3 Å². The van der Waals surface area contributed by atoms with Crippen molar-refractivity contribution in [2.24, 2.45) is 5.73 Å². The molecule has 1 aliphatic rings. The number of rotatable bonds is 4. The fraction of sp³-hybridized carbons (Fsp3) is 0.500. The number of benzene rings is 1. The Kier molecular flexibility index (Phi) is 4.87. The van der Waals surface area contributed by atoms with Crippen molar-refractivity contribution in [3.05, 3.63) is 30.1 Å². The van der Waals surface area contributed by atoms with Crippen LogP contribution >= 0.6 is 0 Å². The third kappa shape index (κ3) is 3.75. The van der Waals surface area contributed by atoms with Gasteiger partial charge in [0.05, 0.1) is 12.2 Å². The average molecular weight is 265 g/mol. The Morgan fingerprint density at radius 3 is 2.95 bits per heavy atom. The van der Waals surface area contributed by atoms with E-state index in [1.54, 1.807) is 18.2 Å². The Hall–Kier alpha value is -1.46. The topological polar surface area (TPSA) is 58.4 Å². The number of halogens is 1. The number of carbonyl (C=O) groups is 1. The highest BCUT2D eigenvalue weighted by Gasteiger charge is 2.23. The minimum absolute atomic E-state index is 0.189. The maximum atomic E-state index is 13.4. The van der Waals surface area contributed by atoms with Crippen molar-refractivity contribution in [3.63, 3.8) is 0 Å². The molecule has 0 aromatic heterocycles. The molecule has 1 saturated heterocycles. The molecule has 1 aliphatic heterocycles. The molecule has 1 aromatic rings. The van der Waals surface area contributed by atoms with Gasteiger partial charge in [-0.25, -0.2) is 4.39 Å². The lowest BCUT2D eigenvalue weighted by molar-refractivity contribution is -0.118. The van der Waals surface area contributed by atoms with Crippen LogP contribution < -0.4 is 11.1 Å². The number of likely N-dealkylation sites (tertiary alicyclic amines) is 1. The first kappa shape index (κ1) is 14.0. The molecule has 19 heavy (non-hydrogen) atoms. The van der Waals surface area contributed by atoms with Crippen LogP contribution in [0, 0.1) is 5.82 Å². The molecule has 2 rings (SSSR count). The summed E-state index contributed by atoms with van der Waals surface area (Å²) in [5.41, 5.74) is 5.94. The Labute approximate surface area is 112 Å². The van der Waals surface area contributed by atoms with Crippen molar-refractivity contribution < 1.29 is 9.18 Å². The molecule has 0 saturated carbocycles. The Morgan fingerprint density at radius 2 is 2.21 bits per heavy atom. The summed E-state index contributed by atoms with van der Waals surface area (Å²) >= 11 is 0. The minimum Gasteiger partial charge on any atom is -0.329 e. The van der Waals surface area contributed by atoms with Crippen LogP contribution in [-0.2, 0) is 4.79 Å². The van der Waals surface area contributed by atoms with Crippen LogP contribution in [-0.4, -0.2) is 36.5 Å². The number of nitrogens with two attached hydrogens (primary N) is 1. The summed E-state index contributed by atoms with van der Waals surface area (Å²) in [7, 11) is 0. The maximum Gasteiger partial charge on any atom is 0.238 e. The van der Waals surface area contributed by atoms with E-state index in [0.717, 1.165) is 25.8 Å². The zero-order valence-corrected chi connectivity index (χ0v) is 10.9. The lowest BCUT2D eigenvalue weighted by atomic mass is 10.0. The van der Waals surface area contributed by atoms with Gasteiger partial charge in [-0.3, -0.25) is 9.69 Å². The van der Waals surface area contributed by atoms with E-state index in [2.05, 4.69) is 10.2 Å². The zero-order valence-electron chi connectivity index (χ0n) is 10.9. The van der Waals surface area contributed by atoms with Crippen LogP contribution in [0.5, 0.6) is 0 Å². The molecule has 104 valence electrons. The number of para-hydroxylation sites is 1. The quantitative estimate of drug-likeness (QED) is 0.869. The van der Waals surface area contributed by atoms with E-state index in [4.69, 9.17) is 5.73 Å². The van der Waals surface area contributed by atoms with Gasteiger partial charge in [-0.1, -0.05) is 18.6 Å². The standard InChI is InChI=1S/C14H20FN3O/c15-12-6-1-2-7-13(12)17-14(19)10-18-8-4-3-5-11(18)9-16/h1-2,6-7,11H,3-5,8-10,16H2,(H,17,19). The summed E-state index contributed by atoms with van der Waals surface area (Å²) in [6.07, 6.45) is 3.28. The number of nitrogens with zero attached hydrogens (tertiary/aromatic N) is 1. The van der Waals surface area contributed by atoms with Crippen molar-refractivity contribution in [1.29, 1.82) is 0 Å². The molecular formula is C14H20FN3O. The molecule has 1 atom stereocenters. The fourth-order valence-corrected chi connectivity index (χ4v) is 2.47. The number of hydrogen-bond acceptors (Lipinski definition) is 3. The van der Waals surface area contributed by atoms with Crippen LogP contribution in [0.2, 0.25) is 0 Å². The molecule has 0 aliphatic carbocycles. The average Bonchev–Trinajstić information content (AvgIpc) is 2.42. The predicted octanol–water partition coefficient (Wildman–Crippen LogP) is 1.58. The van der Waals surface area contributed by atoms with Gasteiger partial charge in [0, 0.05) is 12.6 Å². The summed E-state index contributed by atoms with van der Waals surface area (Å²) in [4.78, 5) is 14.0. The summed E-state index contributed by atoms with van der Waals surface area (Å²) in [5, 5.41) is 2.61. The van der Waals surface area contributed by atoms with Crippen molar-refractivity contribution in [2.75, 3.05) is 25.0 Å². The Balaban J connectivity index is 1.92. The molecule has 4 nitrogen and oxygen atoms in total. The van der Waals surface area contributed by atoms with Gasteiger partial charge in [-0.2, -0.15) is 0 Å². The fourth-order valence-electron chi connectivity index (χ4n) is 2.47. The molecule has 0 spiro atoms. The van der Waals surface area contributed by atoms with Gasteiger partial charge in [0.25, 0.3) is 0 Å². The number of hydrogen-bond donors (Lipinski definition) is 2. The van der Waals surface area contributed by atoms with Gasteiger partial charge in [0.15, 0.2) is 0 Å². The number of piperidine rings is 1. The molecule has 0 bridgehead atoms. The van der Waals surface area contributed by atoms with Crippen LogP contribution in [0.25, 0.3) is 0 Å². The normalized spacial score (nSPS) is 20.2. The molecule has 3 N–H and O–H groups in total. The molecular weight excluding hydrogens is 245 g/mol.